The molecule has 1 saturated carbocycles. The molecule has 1 fully saturated rings. The average Bonchev–Trinajstić information content (AvgIpc) is 3.57. The third-order valence-corrected chi connectivity index (χ3v) is 5.20. The second kappa shape index (κ2) is 10.5. The molecule has 10 nitrogen and oxygen atoms in total. The number of carboxylic acid groups (broad SMARTS) is 2. The number of fused-ring (bicyclic) bond motifs is 1. The molecule has 0 bridgehead atoms. The first-order valence-electron chi connectivity index (χ1n) is 10.5. The summed E-state index contributed by atoms with van der Waals surface area (Å²) in [7, 11) is 3.81. The van der Waals surface area contributed by atoms with Gasteiger partial charge in [-0.2, -0.15) is 0 Å². The molecule has 0 saturated heterocycles. The topological polar surface area (TPSA) is 130 Å². The Balaban J connectivity index is 1.71. The van der Waals surface area contributed by atoms with E-state index in [0.29, 0.717) is 37.4 Å². The number of aliphatic carboxylic acids is 1. The van der Waals surface area contributed by atoms with Crippen LogP contribution in [0.1, 0.15) is 35.7 Å². The van der Waals surface area contributed by atoms with Crippen LogP contribution < -0.4 is 15.6 Å². The molecule has 3 rings (SSSR count). The first-order valence-corrected chi connectivity index (χ1v) is 10.5. The van der Waals surface area contributed by atoms with Crippen molar-refractivity contribution in [3.63, 3.8) is 0 Å². The summed E-state index contributed by atoms with van der Waals surface area (Å²) in [6.07, 6.45) is 3.35. The summed E-state index contributed by atoms with van der Waals surface area (Å²) in [5, 5.41) is 21.7. The lowest BCUT2D eigenvalue weighted by Crippen LogP contribution is -2.21. The van der Waals surface area contributed by atoms with Gasteiger partial charge in [0.15, 0.2) is 0 Å². The van der Waals surface area contributed by atoms with E-state index in [4.69, 9.17) is 14.6 Å². The summed E-state index contributed by atoms with van der Waals surface area (Å²) in [5.41, 5.74) is 1.61. The zero-order chi connectivity index (χ0) is 23.3. The standard InChI is InChI=1S/C22H29N3O7/c1-24(2)19-12-18-15(21(28)16(22(29)30)13-25(18)14-3-4-14)11-17(19)23-6-8-32-10-9-31-7-5-20(26)27/h11-14,23H,3-10H2,1-2H3,(H,26,27)(H,29,30). The molecule has 0 spiro atoms. The summed E-state index contributed by atoms with van der Waals surface area (Å²) in [5.74, 6) is -2.13. The van der Waals surface area contributed by atoms with Crippen molar-refractivity contribution in [1.29, 1.82) is 0 Å². The van der Waals surface area contributed by atoms with Gasteiger partial charge in [0.1, 0.15) is 5.56 Å². The van der Waals surface area contributed by atoms with Crippen LogP contribution in [0.4, 0.5) is 11.4 Å². The Morgan fingerprint density at radius 1 is 1.12 bits per heavy atom. The highest BCUT2D eigenvalue weighted by molar-refractivity contribution is 5.96. The van der Waals surface area contributed by atoms with Gasteiger partial charge in [0.05, 0.1) is 49.7 Å². The molecule has 1 aromatic heterocycles. The number of carboxylic acids is 2. The van der Waals surface area contributed by atoms with Gasteiger partial charge in [-0.3, -0.25) is 9.59 Å². The molecule has 1 aromatic carbocycles. The molecule has 0 radical (unpaired) electrons. The van der Waals surface area contributed by atoms with E-state index in [-0.39, 0.29) is 24.6 Å². The Morgan fingerprint density at radius 3 is 2.41 bits per heavy atom. The lowest BCUT2D eigenvalue weighted by molar-refractivity contribution is -0.138. The van der Waals surface area contributed by atoms with E-state index in [1.807, 2.05) is 29.6 Å². The number of pyridine rings is 1. The highest BCUT2D eigenvalue weighted by Gasteiger charge is 2.27. The van der Waals surface area contributed by atoms with Gasteiger partial charge >= 0.3 is 11.9 Å². The molecule has 2 aromatic rings. The summed E-state index contributed by atoms with van der Waals surface area (Å²) >= 11 is 0. The van der Waals surface area contributed by atoms with Gasteiger partial charge in [0.2, 0.25) is 5.43 Å². The van der Waals surface area contributed by atoms with E-state index in [2.05, 4.69) is 5.32 Å². The molecule has 1 aliphatic carbocycles. The molecule has 1 aliphatic rings. The zero-order valence-electron chi connectivity index (χ0n) is 18.3. The molecule has 1 heterocycles. The second-order valence-electron chi connectivity index (χ2n) is 7.89. The van der Waals surface area contributed by atoms with Crippen molar-refractivity contribution in [1.82, 2.24) is 4.57 Å². The molecular formula is C22H29N3O7. The molecule has 0 atom stereocenters. The minimum absolute atomic E-state index is 0.0388. The predicted molar refractivity (Wildman–Crippen MR) is 120 cm³/mol. The van der Waals surface area contributed by atoms with E-state index < -0.39 is 17.4 Å². The van der Waals surface area contributed by atoms with Gasteiger partial charge in [-0.1, -0.05) is 0 Å². The van der Waals surface area contributed by atoms with Crippen LogP contribution in [-0.4, -0.2) is 73.8 Å². The van der Waals surface area contributed by atoms with E-state index >= 15 is 0 Å². The molecule has 10 heteroatoms. The maximum atomic E-state index is 12.8. The number of anilines is 2. The van der Waals surface area contributed by atoms with Crippen LogP contribution in [0.2, 0.25) is 0 Å². The number of nitrogens with one attached hydrogen (secondary N) is 1. The Labute approximate surface area is 185 Å². The number of benzene rings is 1. The van der Waals surface area contributed by atoms with Gasteiger partial charge in [-0.05, 0) is 25.0 Å². The van der Waals surface area contributed by atoms with Crippen molar-refractivity contribution in [2.24, 2.45) is 0 Å². The molecule has 32 heavy (non-hydrogen) atoms. The fourth-order valence-corrected chi connectivity index (χ4v) is 3.44. The van der Waals surface area contributed by atoms with Crippen LogP contribution in [0.5, 0.6) is 0 Å². The minimum atomic E-state index is -1.23. The summed E-state index contributed by atoms with van der Waals surface area (Å²) in [6, 6.07) is 3.85. The second-order valence-corrected chi connectivity index (χ2v) is 7.89. The summed E-state index contributed by atoms with van der Waals surface area (Å²) in [4.78, 5) is 36.8. The third-order valence-electron chi connectivity index (χ3n) is 5.20. The molecule has 0 unspecified atom stereocenters. The number of aromatic nitrogens is 1. The quantitative estimate of drug-likeness (QED) is 0.395. The van der Waals surface area contributed by atoms with Crippen LogP contribution >= 0.6 is 0 Å². The molecule has 0 amide bonds. The van der Waals surface area contributed by atoms with Crippen LogP contribution in [0.3, 0.4) is 0 Å². The summed E-state index contributed by atoms with van der Waals surface area (Å²) in [6.45, 7) is 1.65. The van der Waals surface area contributed by atoms with Gasteiger partial charge < -0.3 is 34.5 Å². The van der Waals surface area contributed by atoms with Gasteiger partial charge in [0.25, 0.3) is 0 Å². The zero-order valence-corrected chi connectivity index (χ0v) is 18.3. The number of rotatable bonds is 13. The molecular weight excluding hydrogens is 418 g/mol. The average molecular weight is 447 g/mol. The lowest BCUT2D eigenvalue weighted by atomic mass is 10.1. The number of hydrogen-bond acceptors (Lipinski definition) is 7. The fraction of sp³-hybridized carbons (Fsp3) is 0.500. The fourth-order valence-electron chi connectivity index (χ4n) is 3.44. The molecule has 174 valence electrons. The number of hydrogen-bond donors (Lipinski definition) is 3. The van der Waals surface area contributed by atoms with E-state index in [1.54, 1.807) is 6.07 Å². The number of carbonyl (C=O) groups is 2. The SMILES string of the molecule is CN(C)c1cc2c(cc1NCCOCCOCCC(=O)O)c(=O)c(C(=O)O)cn2C1CC1. The van der Waals surface area contributed by atoms with Gasteiger partial charge in [-0.25, -0.2) is 4.79 Å². The number of aromatic carboxylic acids is 1. The van der Waals surface area contributed by atoms with Crippen LogP contribution in [0.15, 0.2) is 23.1 Å². The smallest absolute Gasteiger partial charge is 0.341 e. The monoisotopic (exact) mass is 447 g/mol. The molecule has 3 N–H and O–H groups in total. The predicted octanol–water partition coefficient (Wildman–Crippen LogP) is 2.02. The van der Waals surface area contributed by atoms with Crippen molar-refractivity contribution in [3.05, 3.63) is 34.1 Å². The Morgan fingerprint density at radius 2 is 1.81 bits per heavy atom. The van der Waals surface area contributed by atoms with Crippen molar-refractivity contribution < 1.29 is 29.3 Å². The van der Waals surface area contributed by atoms with E-state index in [1.165, 1.54) is 6.20 Å². The van der Waals surface area contributed by atoms with Gasteiger partial charge in [-0.15, -0.1) is 0 Å². The van der Waals surface area contributed by atoms with Crippen molar-refractivity contribution in [2.75, 3.05) is 57.3 Å². The Hall–Kier alpha value is -3.11. The van der Waals surface area contributed by atoms with Crippen LogP contribution in [0, 0.1) is 0 Å². The maximum absolute atomic E-state index is 12.8. The lowest BCUT2D eigenvalue weighted by Gasteiger charge is -2.21. The van der Waals surface area contributed by atoms with Crippen molar-refractivity contribution in [2.45, 2.75) is 25.3 Å². The normalized spacial score (nSPS) is 13.3. The first kappa shape index (κ1) is 23.6. The van der Waals surface area contributed by atoms with Crippen LogP contribution in [0.25, 0.3) is 10.9 Å². The van der Waals surface area contributed by atoms with E-state index in [0.717, 1.165) is 24.0 Å². The maximum Gasteiger partial charge on any atom is 0.341 e. The third kappa shape index (κ3) is 5.77. The summed E-state index contributed by atoms with van der Waals surface area (Å²) < 4.78 is 12.6. The largest absolute Gasteiger partial charge is 0.481 e. The first-order chi connectivity index (χ1) is 15.3. The van der Waals surface area contributed by atoms with Gasteiger partial charge in [0, 0.05) is 38.3 Å². The highest BCUT2D eigenvalue weighted by atomic mass is 16.5. The van der Waals surface area contributed by atoms with E-state index in [9.17, 15) is 19.5 Å². The molecule has 0 aliphatic heterocycles. The highest BCUT2D eigenvalue weighted by Crippen LogP contribution is 2.39. The Bertz CT molecular complexity index is 1040. The number of ether oxygens (including phenoxy) is 2. The van der Waals surface area contributed by atoms with Crippen LogP contribution in [-0.2, 0) is 14.3 Å². The Kier molecular flexibility index (Phi) is 7.70. The van der Waals surface area contributed by atoms with Crippen molar-refractivity contribution in [3.8, 4) is 0 Å². The number of nitrogens with zero attached hydrogens (tertiary/aromatic N) is 2. The minimum Gasteiger partial charge on any atom is -0.481 e. The van der Waals surface area contributed by atoms with Crippen molar-refractivity contribution >= 4 is 34.2 Å².